The van der Waals surface area contributed by atoms with Crippen molar-refractivity contribution in [1.82, 2.24) is 15.5 Å². The molecule has 2 N–H and O–H groups in total. The van der Waals surface area contributed by atoms with Crippen molar-refractivity contribution in [3.05, 3.63) is 72.6 Å². The number of methoxy groups -OCH3 is 1. The fourth-order valence-electron chi connectivity index (χ4n) is 3.49. The fraction of sp³-hybridized carbons (Fsp3) is 0.182. The second-order valence-electron chi connectivity index (χ2n) is 6.84. The summed E-state index contributed by atoms with van der Waals surface area (Å²) in [7, 11) is 3.42. The fourth-order valence-corrected chi connectivity index (χ4v) is 3.49. The van der Waals surface area contributed by atoms with Gasteiger partial charge < -0.3 is 15.0 Å². The minimum atomic E-state index is -0.393. The monoisotopic (exact) mass is 374 g/mol. The number of carbonyl (C=O) groups is 1. The molecule has 1 aromatic heterocycles. The number of H-pyrrole nitrogens is 1. The number of nitrogens with one attached hydrogen (secondary N) is 2. The summed E-state index contributed by atoms with van der Waals surface area (Å²) in [6.07, 6.45) is 4.21. The van der Waals surface area contributed by atoms with Crippen molar-refractivity contribution in [1.29, 1.82) is 0 Å². The van der Waals surface area contributed by atoms with E-state index >= 15 is 0 Å². The first kappa shape index (κ1) is 17.9. The second kappa shape index (κ2) is 7.23. The molecule has 0 saturated carbocycles. The van der Waals surface area contributed by atoms with E-state index in [9.17, 15) is 4.79 Å². The molecule has 0 bridgehead atoms. The van der Waals surface area contributed by atoms with Crippen LogP contribution in [-0.2, 0) is 11.2 Å². The molecule has 6 heteroatoms. The number of fused-ring (bicyclic) bond motifs is 1. The predicted octanol–water partition coefficient (Wildman–Crippen LogP) is 3.23. The summed E-state index contributed by atoms with van der Waals surface area (Å²) in [6, 6.07) is 13.4. The van der Waals surface area contributed by atoms with Gasteiger partial charge in [0.2, 0.25) is 5.91 Å². The van der Waals surface area contributed by atoms with Crippen LogP contribution < -0.4 is 15.0 Å². The third kappa shape index (κ3) is 3.24. The van der Waals surface area contributed by atoms with Crippen molar-refractivity contribution in [3.63, 3.8) is 0 Å². The molecule has 2 heterocycles. The molecule has 0 spiro atoms. The second-order valence-corrected chi connectivity index (χ2v) is 6.84. The quantitative estimate of drug-likeness (QED) is 0.736. The molecule has 142 valence electrons. The summed E-state index contributed by atoms with van der Waals surface area (Å²) in [5.74, 6) is 0.736. The van der Waals surface area contributed by atoms with Gasteiger partial charge in [-0.3, -0.25) is 9.89 Å². The van der Waals surface area contributed by atoms with Crippen LogP contribution in [0.15, 0.2) is 61.4 Å². The maximum atomic E-state index is 13.0. The largest absolute Gasteiger partial charge is 0.497 e. The molecule has 4 rings (SSSR count). The van der Waals surface area contributed by atoms with Gasteiger partial charge in [-0.05, 0) is 29.3 Å². The number of nitrogens with zero attached hydrogens (tertiary/aromatic N) is 2. The van der Waals surface area contributed by atoms with Crippen molar-refractivity contribution in [2.45, 2.75) is 12.5 Å². The minimum Gasteiger partial charge on any atom is -0.497 e. The van der Waals surface area contributed by atoms with Crippen molar-refractivity contribution in [2.75, 3.05) is 19.1 Å². The Morgan fingerprint density at radius 3 is 2.64 bits per heavy atom. The van der Waals surface area contributed by atoms with Crippen LogP contribution in [0.2, 0.25) is 0 Å². The Kier molecular flexibility index (Phi) is 4.61. The Labute approximate surface area is 163 Å². The Balaban J connectivity index is 1.57. The maximum absolute atomic E-state index is 13.0. The number of aromatic amines is 1. The number of hydrogen-bond donors (Lipinski definition) is 2. The highest BCUT2D eigenvalue weighted by molar-refractivity contribution is 6.02. The molecule has 6 nitrogen and oxygen atoms in total. The molecule has 1 atom stereocenters. The first-order valence-electron chi connectivity index (χ1n) is 9.06. The summed E-state index contributed by atoms with van der Waals surface area (Å²) in [5.41, 5.74) is 5.59. The Bertz CT molecular complexity index is 1010. The van der Waals surface area contributed by atoms with Crippen molar-refractivity contribution in [3.8, 4) is 16.9 Å². The number of amides is 1. The van der Waals surface area contributed by atoms with Gasteiger partial charge in [0.25, 0.3) is 0 Å². The SMILES string of the molecule is C=C1NC(Cc2ccc(-c3cn[nH]c3)cc2)C(=O)N(C)c2ccc(OC)cc21. The van der Waals surface area contributed by atoms with Crippen LogP contribution in [0.5, 0.6) is 5.75 Å². The zero-order valence-corrected chi connectivity index (χ0v) is 15.9. The van der Waals surface area contributed by atoms with Crippen molar-refractivity contribution < 1.29 is 9.53 Å². The molecule has 1 aliphatic heterocycles. The predicted molar refractivity (Wildman–Crippen MR) is 110 cm³/mol. The van der Waals surface area contributed by atoms with Crippen LogP contribution in [0, 0.1) is 0 Å². The first-order valence-corrected chi connectivity index (χ1v) is 9.06. The number of hydrogen-bond acceptors (Lipinski definition) is 4. The molecule has 1 unspecified atom stereocenters. The molecule has 0 fully saturated rings. The molecule has 1 aliphatic rings. The number of likely N-dealkylation sites (N-methyl/N-ethyl adjacent to an activating group) is 1. The van der Waals surface area contributed by atoms with Crippen LogP contribution in [-0.4, -0.2) is 36.3 Å². The Morgan fingerprint density at radius 2 is 1.96 bits per heavy atom. The van der Waals surface area contributed by atoms with Crippen molar-refractivity contribution >= 4 is 17.3 Å². The lowest BCUT2D eigenvalue weighted by atomic mass is 10.0. The van der Waals surface area contributed by atoms with Gasteiger partial charge in [0.05, 0.1) is 19.0 Å². The topological polar surface area (TPSA) is 70.2 Å². The highest BCUT2D eigenvalue weighted by Gasteiger charge is 2.29. The van der Waals surface area contributed by atoms with E-state index in [-0.39, 0.29) is 5.91 Å². The zero-order valence-electron chi connectivity index (χ0n) is 15.9. The summed E-state index contributed by atoms with van der Waals surface area (Å²) < 4.78 is 5.32. The highest BCUT2D eigenvalue weighted by atomic mass is 16.5. The first-order chi connectivity index (χ1) is 13.6. The minimum absolute atomic E-state index is 0.00368. The Hall–Kier alpha value is -3.54. The third-order valence-corrected chi connectivity index (χ3v) is 5.09. The van der Waals surface area contributed by atoms with Crippen LogP contribution in [0.25, 0.3) is 16.8 Å². The van der Waals surface area contributed by atoms with Crippen LogP contribution in [0.4, 0.5) is 5.69 Å². The van der Waals surface area contributed by atoms with Crippen LogP contribution >= 0.6 is 0 Å². The standard InChI is InChI=1S/C22H22N4O2/c1-14-19-11-18(28-3)8-9-21(19)26(2)22(27)20(25-14)10-15-4-6-16(7-5-15)17-12-23-24-13-17/h4-9,11-13,20,25H,1,10H2,2-3H3,(H,23,24). The van der Waals surface area contributed by atoms with Crippen LogP contribution in [0.1, 0.15) is 11.1 Å². The van der Waals surface area contributed by atoms with E-state index in [1.165, 1.54) is 0 Å². The summed E-state index contributed by atoms with van der Waals surface area (Å²) >= 11 is 0. The summed E-state index contributed by atoms with van der Waals surface area (Å²) in [6.45, 7) is 4.14. The van der Waals surface area contributed by atoms with Gasteiger partial charge >= 0.3 is 0 Å². The molecule has 3 aromatic rings. The van der Waals surface area contributed by atoms with Gasteiger partial charge in [-0.15, -0.1) is 0 Å². The van der Waals surface area contributed by atoms with E-state index in [0.717, 1.165) is 33.7 Å². The van der Waals surface area contributed by atoms with Gasteiger partial charge in [-0.25, -0.2) is 0 Å². The third-order valence-electron chi connectivity index (χ3n) is 5.09. The normalized spacial score (nSPS) is 16.4. The zero-order chi connectivity index (χ0) is 19.7. The lowest BCUT2D eigenvalue weighted by Gasteiger charge is -2.21. The molecule has 0 aliphatic carbocycles. The van der Waals surface area contributed by atoms with E-state index < -0.39 is 6.04 Å². The number of ether oxygens (including phenoxy) is 1. The Morgan fingerprint density at radius 1 is 1.18 bits per heavy atom. The lowest BCUT2D eigenvalue weighted by Crippen LogP contribution is -2.43. The number of anilines is 1. The van der Waals surface area contributed by atoms with Crippen molar-refractivity contribution in [2.24, 2.45) is 0 Å². The number of carbonyl (C=O) groups excluding carboxylic acids is 1. The molecule has 2 aromatic carbocycles. The van der Waals surface area contributed by atoms with Gasteiger partial charge in [-0.1, -0.05) is 30.8 Å². The maximum Gasteiger partial charge on any atom is 0.249 e. The van der Waals surface area contributed by atoms with Gasteiger partial charge in [0.15, 0.2) is 0 Å². The summed E-state index contributed by atoms with van der Waals surface area (Å²) in [5, 5.41) is 10.1. The molecular weight excluding hydrogens is 352 g/mol. The smallest absolute Gasteiger partial charge is 0.249 e. The van der Waals surface area contributed by atoms with Gasteiger partial charge in [0.1, 0.15) is 11.8 Å². The summed E-state index contributed by atoms with van der Waals surface area (Å²) in [4.78, 5) is 14.7. The number of benzene rings is 2. The van der Waals surface area contributed by atoms with Crippen LogP contribution in [0.3, 0.4) is 0 Å². The average Bonchev–Trinajstić information content (AvgIpc) is 3.24. The molecule has 0 radical (unpaired) electrons. The van der Waals surface area contributed by atoms with E-state index in [1.54, 1.807) is 25.3 Å². The molecule has 1 amide bonds. The van der Waals surface area contributed by atoms with E-state index in [2.05, 4.69) is 22.1 Å². The van der Waals surface area contributed by atoms with E-state index in [4.69, 9.17) is 4.74 Å². The molecule has 0 saturated heterocycles. The van der Waals surface area contributed by atoms with E-state index in [0.29, 0.717) is 12.1 Å². The van der Waals surface area contributed by atoms with E-state index in [1.807, 2.05) is 48.7 Å². The van der Waals surface area contributed by atoms with Gasteiger partial charge in [0, 0.05) is 36.5 Å². The number of rotatable bonds is 4. The highest BCUT2D eigenvalue weighted by Crippen LogP contribution is 2.32. The molecular formula is C22H22N4O2. The number of aromatic nitrogens is 2. The molecule has 28 heavy (non-hydrogen) atoms. The average molecular weight is 374 g/mol. The van der Waals surface area contributed by atoms with Gasteiger partial charge in [-0.2, -0.15) is 5.10 Å². The lowest BCUT2D eigenvalue weighted by molar-refractivity contribution is -0.119.